The average molecular weight is 311 g/mol. The molecule has 2 heterocycles. The molecule has 0 aromatic heterocycles. The average Bonchev–Trinajstić information content (AvgIpc) is 2.68. The van der Waals surface area contributed by atoms with Gasteiger partial charge in [0.2, 0.25) is 0 Å². The van der Waals surface area contributed by atoms with Gasteiger partial charge in [-0.2, -0.15) is 0 Å². The molecule has 0 spiro atoms. The summed E-state index contributed by atoms with van der Waals surface area (Å²) < 4.78 is 10.4. The Hall–Kier alpha value is -1.59. The van der Waals surface area contributed by atoms with Crippen LogP contribution >= 0.6 is 0 Å². The quantitative estimate of drug-likeness (QED) is 0.578. The van der Waals surface area contributed by atoms with Gasteiger partial charge in [-0.15, -0.1) is 0 Å². The van der Waals surface area contributed by atoms with Crippen LogP contribution in [0.25, 0.3) is 0 Å². The van der Waals surface area contributed by atoms with Gasteiger partial charge >= 0.3 is 12.1 Å². The number of hydrogen-bond acceptors (Lipinski definition) is 5. The monoisotopic (exact) mass is 311 g/mol. The van der Waals surface area contributed by atoms with Crippen LogP contribution in [0, 0.1) is 5.92 Å². The molecule has 1 amide bonds. The fraction of sp³-hybridized carbons (Fsp3) is 0.812. The van der Waals surface area contributed by atoms with E-state index < -0.39 is 23.6 Å². The Balaban J connectivity index is 2.14. The molecule has 2 saturated heterocycles. The maximum Gasteiger partial charge on any atom is 0.410 e. The molecule has 6 nitrogen and oxygen atoms in total. The van der Waals surface area contributed by atoms with Crippen molar-refractivity contribution < 1.29 is 23.9 Å². The smallest absolute Gasteiger partial charge is 0.410 e. The van der Waals surface area contributed by atoms with E-state index in [-0.39, 0.29) is 30.9 Å². The number of carbonyl (C=O) groups excluding carboxylic acids is 3. The Morgan fingerprint density at radius 2 is 1.86 bits per heavy atom. The lowest BCUT2D eigenvalue weighted by atomic mass is 9.90. The minimum atomic E-state index is -0.750. The van der Waals surface area contributed by atoms with Crippen molar-refractivity contribution in [3.63, 3.8) is 0 Å². The first kappa shape index (κ1) is 16.8. The molecule has 0 N–H and O–H groups in total. The van der Waals surface area contributed by atoms with E-state index in [1.165, 1.54) is 0 Å². The molecule has 0 aromatic carbocycles. The van der Waals surface area contributed by atoms with E-state index >= 15 is 0 Å². The first-order valence-electron chi connectivity index (χ1n) is 7.93. The number of amides is 1. The van der Waals surface area contributed by atoms with Gasteiger partial charge in [0.1, 0.15) is 17.3 Å². The van der Waals surface area contributed by atoms with Crippen LogP contribution < -0.4 is 0 Å². The molecule has 2 fully saturated rings. The molecule has 3 atom stereocenters. The van der Waals surface area contributed by atoms with Crippen LogP contribution in [-0.2, 0) is 19.1 Å². The highest BCUT2D eigenvalue weighted by Gasteiger charge is 2.47. The summed E-state index contributed by atoms with van der Waals surface area (Å²) in [5, 5.41) is 0. The van der Waals surface area contributed by atoms with Crippen LogP contribution in [0.5, 0.6) is 0 Å². The highest BCUT2D eigenvalue weighted by molar-refractivity contribution is 5.99. The van der Waals surface area contributed by atoms with Gasteiger partial charge in [0.25, 0.3) is 0 Å². The summed E-state index contributed by atoms with van der Waals surface area (Å²) in [6, 6.07) is -0.285. The third kappa shape index (κ3) is 3.59. The molecule has 0 aliphatic carbocycles. The number of rotatable bonds is 2. The number of nitrogens with zero attached hydrogens (tertiary/aromatic N) is 1. The molecule has 3 unspecified atom stereocenters. The molecule has 0 radical (unpaired) electrons. The third-order valence-electron chi connectivity index (χ3n) is 4.13. The van der Waals surface area contributed by atoms with Gasteiger partial charge in [-0.25, -0.2) is 4.79 Å². The predicted octanol–water partition coefficient (Wildman–Crippen LogP) is 2.30. The first-order chi connectivity index (χ1) is 10.2. The van der Waals surface area contributed by atoms with Crippen molar-refractivity contribution in [2.45, 2.75) is 71.1 Å². The lowest BCUT2D eigenvalue weighted by Crippen LogP contribution is -2.43. The number of ketones is 1. The molecule has 2 rings (SSSR count). The molecule has 0 aromatic rings. The Bertz CT molecular complexity index is 468. The van der Waals surface area contributed by atoms with Gasteiger partial charge in [0.15, 0.2) is 0 Å². The predicted molar refractivity (Wildman–Crippen MR) is 79.2 cm³/mol. The van der Waals surface area contributed by atoms with Crippen molar-refractivity contribution in [1.29, 1.82) is 0 Å². The van der Waals surface area contributed by atoms with Crippen molar-refractivity contribution in [3.05, 3.63) is 0 Å². The minimum absolute atomic E-state index is 0.124. The highest BCUT2D eigenvalue weighted by atomic mass is 16.6. The molecular formula is C16H25NO5. The topological polar surface area (TPSA) is 72.9 Å². The zero-order chi connectivity index (χ0) is 16.5. The Morgan fingerprint density at radius 1 is 1.23 bits per heavy atom. The van der Waals surface area contributed by atoms with Gasteiger partial charge in [-0.05, 0) is 47.0 Å². The fourth-order valence-electron chi connectivity index (χ4n) is 3.25. The lowest BCUT2D eigenvalue weighted by Gasteiger charge is -2.31. The third-order valence-corrected chi connectivity index (χ3v) is 4.13. The molecule has 6 heteroatoms. The van der Waals surface area contributed by atoms with E-state index in [2.05, 4.69) is 0 Å². The first-order valence-corrected chi connectivity index (χ1v) is 7.93. The molecule has 124 valence electrons. The van der Waals surface area contributed by atoms with Crippen LogP contribution in [0.2, 0.25) is 0 Å². The van der Waals surface area contributed by atoms with Gasteiger partial charge in [-0.1, -0.05) is 0 Å². The molecule has 22 heavy (non-hydrogen) atoms. The van der Waals surface area contributed by atoms with Crippen LogP contribution in [0.3, 0.4) is 0 Å². The number of hydrogen-bond donors (Lipinski definition) is 0. The van der Waals surface area contributed by atoms with Crippen LogP contribution in [0.15, 0.2) is 0 Å². The van der Waals surface area contributed by atoms with Crippen LogP contribution in [-0.4, -0.2) is 47.0 Å². The van der Waals surface area contributed by atoms with Gasteiger partial charge in [0.05, 0.1) is 6.61 Å². The van der Waals surface area contributed by atoms with Gasteiger partial charge in [-0.3, -0.25) is 9.59 Å². The molecule has 0 saturated carbocycles. The summed E-state index contributed by atoms with van der Waals surface area (Å²) in [7, 11) is 0. The maximum absolute atomic E-state index is 12.4. The summed E-state index contributed by atoms with van der Waals surface area (Å²) in [6.07, 6.45) is 1.74. The Kier molecular flexibility index (Phi) is 4.78. The van der Waals surface area contributed by atoms with Crippen molar-refractivity contribution in [1.82, 2.24) is 4.90 Å². The second-order valence-electron chi connectivity index (χ2n) is 6.98. The standard InChI is InChI=1S/C16H25NO5/c1-5-21-14(19)12-8-10-6-7-11(9-13(12)18)17(10)15(20)22-16(2,3)4/h10-12H,5-9H2,1-4H3. The zero-order valence-electron chi connectivity index (χ0n) is 13.8. The summed E-state index contributed by atoms with van der Waals surface area (Å²) in [5.41, 5.74) is -0.576. The normalized spacial score (nSPS) is 28.3. The van der Waals surface area contributed by atoms with Crippen molar-refractivity contribution in [2.24, 2.45) is 5.92 Å². The van der Waals surface area contributed by atoms with E-state index in [0.29, 0.717) is 6.42 Å². The Morgan fingerprint density at radius 3 is 2.45 bits per heavy atom. The van der Waals surface area contributed by atoms with E-state index in [9.17, 15) is 14.4 Å². The van der Waals surface area contributed by atoms with Crippen molar-refractivity contribution in [3.8, 4) is 0 Å². The molecular weight excluding hydrogens is 286 g/mol. The van der Waals surface area contributed by atoms with E-state index in [1.807, 2.05) is 20.8 Å². The van der Waals surface area contributed by atoms with Crippen molar-refractivity contribution in [2.75, 3.05) is 6.61 Å². The molecule has 2 aliphatic heterocycles. The summed E-state index contributed by atoms with van der Waals surface area (Å²) in [6.45, 7) is 7.43. The van der Waals surface area contributed by atoms with Gasteiger partial charge < -0.3 is 14.4 Å². The molecule has 2 bridgehead atoms. The number of Topliss-reactive ketones (excluding diaryl/α,β-unsaturated/α-hetero) is 1. The summed E-state index contributed by atoms with van der Waals surface area (Å²) in [4.78, 5) is 38.3. The fourth-order valence-corrected chi connectivity index (χ4v) is 3.25. The second-order valence-corrected chi connectivity index (χ2v) is 6.98. The zero-order valence-corrected chi connectivity index (χ0v) is 13.8. The van der Waals surface area contributed by atoms with Crippen LogP contribution in [0.1, 0.15) is 53.4 Å². The maximum atomic E-state index is 12.4. The van der Waals surface area contributed by atoms with E-state index in [1.54, 1.807) is 11.8 Å². The molecule has 2 aliphatic rings. The number of carbonyl (C=O) groups is 3. The second kappa shape index (κ2) is 6.26. The number of esters is 1. The van der Waals surface area contributed by atoms with E-state index in [0.717, 1.165) is 12.8 Å². The van der Waals surface area contributed by atoms with Gasteiger partial charge in [0, 0.05) is 18.5 Å². The Labute approximate surface area is 131 Å². The minimum Gasteiger partial charge on any atom is -0.465 e. The summed E-state index contributed by atoms with van der Waals surface area (Å²) in [5.74, 6) is -1.34. The SMILES string of the molecule is CCOC(=O)C1CC2CCC(CC1=O)N2C(=O)OC(C)(C)C. The summed E-state index contributed by atoms with van der Waals surface area (Å²) >= 11 is 0. The number of fused-ring (bicyclic) bond motifs is 2. The van der Waals surface area contributed by atoms with Crippen molar-refractivity contribution >= 4 is 17.8 Å². The largest absolute Gasteiger partial charge is 0.465 e. The number of ether oxygens (including phenoxy) is 2. The highest BCUT2D eigenvalue weighted by Crippen LogP contribution is 2.36. The lowest BCUT2D eigenvalue weighted by molar-refractivity contribution is -0.152. The van der Waals surface area contributed by atoms with E-state index in [4.69, 9.17) is 9.47 Å². The van der Waals surface area contributed by atoms with Crippen LogP contribution in [0.4, 0.5) is 4.79 Å².